The van der Waals surface area contributed by atoms with E-state index in [2.05, 4.69) is 28.9 Å². The third kappa shape index (κ3) is 3.31. The standard InChI is InChI=1S/C17H25ClN2O2/c1-14(15-4-2-3-5-16(15)18)20-8-6-19(7-9-20)10-17(11-21)12-22-13-17/h2-5,14,21H,6-13H2,1H3. The highest BCUT2D eigenvalue weighted by molar-refractivity contribution is 6.31. The van der Waals surface area contributed by atoms with Gasteiger partial charge in [-0.05, 0) is 18.6 Å². The number of hydrogen-bond acceptors (Lipinski definition) is 4. The predicted octanol–water partition coefficient (Wildman–Crippen LogP) is 2.03. The van der Waals surface area contributed by atoms with Crippen LogP contribution in [0.2, 0.25) is 5.02 Å². The summed E-state index contributed by atoms with van der Waals surface area (Å²) in [5.74, 6) is 0. The Hall–Kier alpha value is -0.650. The van der Waals surface area contributed by atoms with Gasteiger partial charge in [0.2, 0.25) is 0 Å². The van der Waals surface area contributed by atoms with E-state index in [1.807, 2.05) is 12.1 Å². The number of aliphatic hydroxyl groups excluding tert-OH is 1. The average molecular weight is 325 g/mol. The maximum Gasteiger partial charge on any atom is 0.0579 e. The van der Waals surface area contributed by atoms with Crippen molar-refractivity contribution in [1.29, 1.82) is 0 Å². The summed E-state index contributed by atoms with van der Waals surface area (Å²) >= 11 is 6.32. The van der Waals surface area contributed by atoms with Gasteiger partial charge in [0.25, 0.3) is 0 Å². The zero-order chi connectivity index (χ0) is 15.6. The van der Waals surface area contributed by atoms with E-state index >= 15 is 0 Å². The molecule has 1 N–H and O–H groups in total. The van der Waals surface area contributed by atoms with Crippen LogP contribution in [0.1, 0.15) is 18.5 Å². The van der Waals surface area contributed by atoms with Gasteiger partial charge in [0.1, 0.15) is 0 Å². The molecule has 122 valence electrons. The Morgan fingerprint density at radius 3 is 2.45 bits per heavy atom. The lowest BCUT2D eigenvalue weighted by molar-refractivity contribution is -0.151. The lowest BCUT2D eigenvalue weighted by Gasteiger charge is -2.46. The van der Waals surface area contributed by atoms with Crippen molar-refractivity contribution in [3.05, 3.63) is 34.9 Å². The van der Waals surface area contributed by atoms with Gasteiger partial charge in [-0.25, -0.2) is 0 Å². The first-order valence-corrected chi connectivity index (χ1v) is 8.41. The van der Waals surface area contributed by atoms with Gasteiger partial charge in [0, 0.05) is 43.8 Å². The lowest BCUT2D eigenvalue weighted by atomic mass is 9.86. The number of aliphatic hydroxyl groups is 1. The van der Waals surface area contributed by atoms with Crippen LogP contribution in [0.5, 0.6) is 0 Å². The Labute approximate surface area is 137 Å². The van der Waals surface area contributed by atoms with Gasteiger partial charge in [-0.2, -0.15) is 0 Å². The molecular weight excluding hydrogens is 300 g/mol. The van der Waals surface area contributed by atoms with Crippen molar-refractivity contribution < 1.29 is 9.84 Å². The van der Waals surface area contributed by atoms with E-state index in [0.717, 1.165) is 37.7 Å². The first kappa shape index (κ1) is 16.2. The Bertz CT molecular complexity index is 494. The van der Waals surface area contributed by atoms with Gasteiger partial charge < -0.3 is 9.84 Å². The van der Waals surface area contributed by atoms with Crippen LogP contribution >= 0.6 is 11.6 Å². The second kappa shape index (κ2) is 6.85. The molecule has 4 nitrogen and oxygen atoms in total. The topological polar surface area (TPSA) is 35.9 Å². The molecule has 2 saturated heterocycles. The van der Waals surface area contributed by atoms with Gasteiger partial charge in [0.05, 0.1) is 25.2 Å². The number of ether oxygens (including phenoxy) is 1. The largest absolute Gasteiger partial charge is 0.396 e. The smallest absolute Gasteiger partial charge is 0.0579 e. The number of nitrogens with zero attached hydrogens (tertiary/aromatic N) is 2. The van der Waals surface area contributed by atoms with Crippen molar-refractivity contribution in [1.82, 2.24) is 9.80 Å². The fourth-order valence-corrected chi connectivity index (χ4v) is 3.71. The summed E-state index contributed by atoms with van der Waals surface area (Å²) in [5, 5.41) is 10.4. The molecule has 3 rings (SSSR count). The molecule has 0 aliphatic carbocycles. The van der Waals surface area contributed by atoms with Crippen molar-refractivity contribution in [2.75, 3.05) is 52.5 Å². The molecular formula is C17H25ClN2O2. The van der Waals surface area contributed by atoms with Crippen LogP contribution in [-0.2, 0) is 4.74 Å². The summed E-state index contributed by atoms with van der Waals surface area (Å²) in [7, 11) is 0. The molecule has 2 aliphatic rings. The lowest BCUT2D eigenvalue weighted by Crippen LogP contribution is -2.57. The molecule has 1 atom stereocenters. The normalized spacial score (nSPS) is 24.0. The molecule has 0 radical (unpaired) electrons. The van der Waals surface area contributed by atoms with E-state index in [1.165, 1.54) is 5.56 Å². The maximum atomic E-state index is 9.55. The molecule has 5 heteroatoms. The molecule has 2 aliphatic heterocycles. The summed E-state index contributed by atoms with van der Waals surface area (Å²) < 4.78 is 5.29. The third-order valence-corrected chi connectivity index (χ3v) is 5.37. The van der Waals surface area contributed by atoms with Crippen LogP contribution in [0.4, 0.5) is 0 Å². The molecule has 1 aromatic rings. The van der Waals surface area contributed by atoms with Crippen molar-refractivity contribution in [2.45, 2.75) is 13.0 Å². The average Bonchev–Trinajstić information content (AvgIpc) is 2.51. The van der Waals surface area contributed by atoms with Crippen LogP contribution < -0.4 is 0 Å². The quantitative estimate of drug-likeness (QED) is 0.899. The summed E-state index contributed by atoms with van der Waals surface area (Å²) in [6.07, 6.45) is 0. The van der Waals surface area contributed by atoms with E-state index in [1.54, 1.807) is 0 Å². The molecule has 0 amide bonds. The maximum absolute atomic E-state index is 9.55. The zero-order valence-electron chi connectivity index (χ0n) is 13.2. The second-order valence-corrected chi connectivity index (χ2v) is 7.07. The fraction of sp³-hybridized carbons (Fsp3) is 0.647. The SMILES string of the molecule is CC(c1ccccc1Cl)N1CCN(CC2(CO)COC2)CC1. The second-order valence-electron chi connectivity index (χ2n) is 6.66. The Kier molecular flexibility index (Phi) is 5.05. The molecule has 1 aromatic carbocycles. The van der Waals surface area contributed by atoms with Gasteiger partial charge in [-0.15, -0.1) is 0 Å². The van der Waals surface area contributed by atoms with E-state index in [-0.39, 0.29) is 12.0 Å². The van der Waals surface area contributed by atoms with Crippen LogP contribution in [0.3, 0.4) is 0 Å². The molecule has 0 spiro atoms. The monoisotopic (exact) mass is 324 g/mol. The zero-order valence-corrected chi connectivity index (χ0v) is 13.9. The highest BCUT2D eigenvalue weighted by Gasteiger charge is 2.40. The number of hydrogen-bond donors (Lipinski definition) is 1. The number of halogens is 1. The van der Waals surface area contributed by atoms with E-state index in [0.29, 0.717) is 19.3 Å². The van der Waals surface area contributed by atoms with Gasteiger partial charge in [-0.1, -0.05) is 29.8 Å². The van der Waals surface area contributed by atoms with Crippen molar-refractivity contribution >= 4 is 11.6 Å². The molecule has 0 bridgehead atoms. The van der Waals surface area contributed by atoms with Crippen molar-refractivity contribution in [2.24, 2.45) is 5.41 Å². The van der Waals surface area contributed by atoms with Crippen LogP contribution in [0.15, 0.2) is 24.3 Å². The summed E-state index contributed by atoms with van der Waals surface area (Å²) in [6.45, 7) is 8.93. The molecule has 0 saturated carbocycles. The molecule has 2 fully saturated rings. The summed E-state index contributed by atoms with van der Waals surface area (Å²) in [5.41, 5.74) is 1.19. The van der Waals surface area contributed by atoms with Gasteiger partial charge in [0.15, 0.2) is 0 Å². The fourth-order valence-electron chi connectivity index (χ4n) is 3.42. The molecule has 0 aromatic heterocycles. The Balaban J connectivity index is 1.54. The minimum absolute atomic E-state index is 0.0173. The van der Waals surface area contributed by atoms with Gasteiger partial charge >= 0.3 is 0 Å². The van der Waals surface area contributed by atoms with E-state index in [9.17, 15) is 5.11 Å². The number of rotatable bonds is 5. The summed E-state index contributed by atoms with van der Waals surface area (Å²) in [6, 6.07) is 8.45. The van der Waals surface area contributed by atoms with E-state index in [4.69, 9.17) is 16.3 Å². The Morgan fingerprint density at radius 1 is 1.23 bits per heavy atom. The molecule has 1 unspecified atom stereocenters. The minimum Gasteiger partial charge on any atom is -0.396 e. The highest BCUT2D eigenvalue weighted by atomic mass is 35.5. The van der Waals surface area contributed by atoms with Crippen LogP contribution in [-0.4, -0.2) is 67.5 Å². The molecule has 22 heavy (non-hydrogen) atoms. The van der Waals surface area contributed by atoms with E-state index < -0.39 is 0 Å². The summed E-state index contributed by atoms with van der Waals surface area (Å²) in [4.78, 5) is 4.94. The van der Waals surface area contributed by atoms with Crippen molar-refractivity contribution in [3.63, 3.8) is 0 Å². The first-order chi connectivity index (χ1) is 10.6. The van der Waals surface area contributed by atoms with Crippen molar-refractivity contribution in [3.8, 4) is 0 Å². The number of benzene rings is 1. The number of piperazine rings is 1. The predicted molar refractivity (Wildman–Crippen MR) is 88.2 cm³/mol. The Morgan fingerprint density at radius 2 is 1.91 bits per heavy atom. The van der Waals surface area contributed by atoms with Crippen LogP contribution in [0.25, 0.3) is 0 Å². The first-order valence-electron chi connectivity index (χ1n) is 8.03. The minimum atomic E-state index is -0.0173. The third-order valence-electron chi connectivity index (χ3n) is 5.02. The van der Waals surface area contributed by atoms with Crippen LogP contribution in [0, 0.1) is 5.41 Å². The highest BCUT2D eigenvalue weighted by Crippen LogP contribution is 2.30. The molecule has 2 heterocycles. The van der Waals surface area contributed by atoms with Gasteiger partial charge in [-0.3, -0.25) is 9.80 Å².